The molecule has 0 N–H and O–H groups in total. The van der Waals surface area contributed by atoms with Crippen molar-refractivity contribution < 1.29 is 9.72 Å². The summed E-state index contributed by atoms with van der Waals surface area (Å²) in [7, 11) is 0. The molecule has 1 aromatic carbocycles. The number of thioether (sulfide) groups is 1. The number of hydrogen-bond donors (Lipinski definition) is 0. The number of amides is 1. The lowest BCUT2D eigenvalue weighted by atomic mass is 10.1. The van der Waals surface area contributed by atoms with Crippen molar-refractivity contribution in [2.45, 2.75) is 6.42 Å². The molecule has 3 rings (SSSR count). The molecule has 2 aliphatic heterocycles. The largest absolute Gasteiger partial charge is 0.286 e. The van der Waals surface area contributed by atoms with Crippen LogP contribution in [-0.2, 0) is 4.79 Å². The van der Waals surface area contributed by atoms with Crippen molar-refractivity contribution >= 4 is 34.6 Å². The molecule has 0 bridgehead atoms. The lowest BCUT2D eigenvalue weighted by Gasteiger charge is -2.21. The molecule has 0 radical (unpaired) electrons. The minimum Gasteiger partial charge on any atom is -0.286 e. The van der Waals surface area contributed by atoms with Crippen molar-refractivity contribution in [2.75, 3.05) is 12.3 Å². The van der Waals surface area contributed by atoms with Gasteiger partial charge in [0.15, 0.2) is 5.17 Å². The highest BCUT2D eigenvalue weighted by atomic mass is 32.2. The van der Waals surface area contributed by atoms with Gasteiger partial charge >= 0.3 is 0 Å². The smallest absolute Gasteiger partial charge is 0.278 e. The standard InChI is InChI=1S/C13H11N3O3S/c17-12-11(14-13-15(12)5-2-6-20-13)8-9-3-1-4-10(7-9)16(18)19/h1,3-4,7-8H,2,5-6H2. The maximum atomic E-state index is 12.2. The van der Waals surface area contributed by atoms with Gasteiger partial charge in [0.05, 0.1) is 4.92 Å². The second-order valence-electron chi connectivity index (χ2n) is 4.43. The molecule has 0 aromatic heterocycles. The van der Waals surface area contributed by atoms with Crippen molar-refractivity contribution in [2.24, 2.45) is 4.99 Å². The van der Waals surface area contributed by atoms with Gasteiger partial charge in [0.1, 0.15) is 5.70 Å². The summed E-state index contributed by atoms with van der Waals surface area (Å²) in [5, 5.41) is 11.5. The highest BCUT2D eigenvalue weighted by molar-refractivity contribution is 8.13. The van der Waals surface area contributed by atoms with Crippen molar-refractivity contribution in [1.29, 1.82) is 0 Å². The van der Waals surface area contributed by atoms with Crippen LogP contribution in [0.3, 0.4) is 0 Å². The molecular weight excluding hydrogens is 278 g/mol. The Hall–Kier alpha value is -2.15. The molecule has 0 unspecified atom stereocenters. The van der Waals surface area contributed by atoms with Crippen LogP contribution < -0.4 is 0 Å². The van der Waals surface area contributed by atoms with E-state index in [1.807, 2.05) is 0 Å². The Morgan fingerprint density at radius 1 is 1.45 bits per heavy atom. The normalized spacial score (nSPS) is 20.0. The molecule has 1 fully saturated rings. The van der Waals surface area contributed by atoms with Gasteiger partial charge in [-0.1, -0.05) is 23.9 Å². The first-order chi connectivity index (χ1) is 9.65. The van der Waals surface area contributed by atoms with Gasteiger partial charge in [-0.25, -0.2) is 4.99 Å². The Morgan fingerprint density at radius 3 is 3.05 bits per heavy atom. The summed E-state index contributed by atoms with van der Waals surface area (Å²) in [5.41, 5.74) is 0.955. The van der Waals surface area contributed by atoms with Gasteiger partial charge in [0, 0.05) is 24.4 Å². The number of hydrogen-bond acceptors (Lipinski definition) is 5. The number of non-ortho nitro benzene ring substituents is 1. The SMILES string of the molecule is O=C1C(=Cc2cccc([N+](=O)[O-])c2)N=C2SCCCN12. The van der Waals surface area contributed by atoms with E-state index in [0.29, 0.717) is 17.8 Å². The van der Waals surface area contributed by atoms with Gasteiger partial charge in [0.2, 0.25) is 0 Å². The Balaban J connectivity index is 1.93. The molecular formula is C13H11N3O3S. The fourth-order valence-corrected chi connectivity index (χ4v) is 3.06. The van der Waals surface area contributed by atoms with Gasteiger partial charge in [-0.3, -0.25) is 19.8 Å². The third-order valence-electron chi connectivity index (χ3n) is 3.05. The number of nitro groups is 1. The van der Waals surface area contributed by atoms with Gasteiger partial charge < -0.3 is 0 Å². The minimum absolute atomic E-state index is 0.00421. The van der Waals surface area contributed by atoms with E-state index in [-0.39, 0.29) is 11.6 Å². The minimum atomic E-state index is -0.455. The summed E-state index contributed by atoms with van der Waals surface area (Å²) >= 11 is 1.57. The number of amidine groups is 1. The van der Waals surface area contributed by atoms with E-state index >= 15 is 0 Å². The third-order valence-corrected chi connectivity index (χ3v) is 4.12. The second-order valence-corrected chi connectivity index (χ2v) is 5.50. The van der Waals surface area contributed by atoms with Crippen LogP contribution in [0, 0.1) is 10.1 Å². The Bertz CT molecular complexity index is 654. The molecule has 1 amide bonds. The predicted molar refractivity (Wildman–Crippen MR) is 77.3 cm³/mol. The molecule has 7 heteroatoms. The first kappa shape index (κ1) is 12.9. The number of carbonyl (C=O) groups excluding carboxylic acids is 1. The van der Waals surface area contributed by atoms with Crippen LogP contribution in [0.25, 0.3) is 6.08 Å². The Morgan fingerprint density at radius 2 is 2.30 bits per heavy atom. The van der Waals surface area contributed by atoms with E-state index in [0.717, 1.165) is 17.3 Å². The fourth-order valence-electron chi connectivity index (χ4n) is 2.11. The first-order valence-electron chi connectivity index (χ1n) is 6.15. The van der Waals surface area contributed by atoms with Crippen LogP contribution in [0.2, 0.25) is 0 Å². The number of carbonyl (C=O) groups is 1. The predicted octanol–water partition coefficient (Wildman–Crippen LogP) is 2.27. The molecule has 0 saturated carbocycles. The summed E-state index contributed by atoms with van der Waals surface area (Å²) in [5.74, 6) is 0.839. The lowest BCUT2D eigenvalue weighted by molar-refractivity contribution is -0.384. The molecule has 0 spiro atoms. The summed E-state index contributed by atoms with van der Waals surface area (Å²) in [6.45, 7) is 0.691. The maximum absolute atomic E-state index is 12.2. The monoisotopic (exact) mass is 289 g/mol. The number of rotatable bonds is 2. The number of fused-ring (bicyclic) bond motifs is 1. The van der Waals surface area contributed by atoms with Gasteiger partial charge in [-0.2, -0.15) is 0 Å². The van der Waals surface area contributed by atoms with Gasteiger partial charge in [-0.15, -0.1) is 0 Å². The van der Waals surface area contributed by atoms with Gasteiger partial charge in [0.25, 0.3) is 11.6 Å². The molecule has 20 heavy (non-hydrogen) atoms. The highest BCUT2D eigenvalue weighted by Crippen LogP contribution is 2.28. The van der Waals surface area contributed by atoms with Gasteiger partial charge in [-0.05, 0) is 18.1 Å². The van der Waals surface area contributed by atoms with Crippen LogP contribution in [0.4, 0.5) is 5.69 Å². The average molecular weight is 289 g/mol. The molecule has 1 aromatic rings. The summed E-state index contributed by atoms with van der Waals surface area (Å²) < 4.78 is 0. The van der Waals surface area contributed by atoms with E-state index in [1.54, 1.807) is 34.9 Å². The number of aliphatic imine (C=N–C) groups is 1. The highest BCUT2D eigenvalue weighted by Gasteiger charge is 2.32. The zero-order valence-corrected chi connectivity index (χ0v) is 11.3. The average Bonchev–Trinajstić information content (AvgIpc) is 2.76. The molecule has 0 atom stereocenters. The number of nitro benzene ring substituents is 1. The zero-order chi connectivity index (χ0) is 14.1. The molecule has 0 aliphatic carbocycles. The van der Waals surface area contributed by atoms with E-state index in [4.69, 9.17) is 0 Å². The van der Waals surface area contributed by atoms with Crippen LogP contribution in [-0.4, -0.2) is 33.2 Å². The maximum Gasteiger partial charge on any atom is 0.278 e. The van der Waals surface area contributed by atoms with E-state index in [1.165, 1.54) is 12.1 Å². The number of benzene rings is 1. The Labute approximate surface area is 119 Å². The molecule has 2 heterocycles. The summed E-state index contributed by atoms with van der Waals surface area (Å²) in [6.07, 6.45) is 2.56. The topological polar surface area (TPSA) is 75.8 Å². The van der Waals surface area contributed by atoms with E-state index in [9.17, 15) is 14.9 Å². The lowest BCUT2D eigenvalue weighted by Crippen LogP contribution is -2.34. The summed E-state index contributed by atoms with van der Waals surface area (Å²) in [4.78, 5) is 28.4. The molecule has 102 valence electrons. The van der Waals surface area contributed by atoms with Crippen molar-refractivity contribution in [3.8, 4) is 0 Å². The van der Waals surface area contributed by atoms with Crippen LogP contribution in [0.5, 0.6) is 0 Å². The van der Waals surface area contributed by atoms with E-state index < -0.39 is 4.92 Å². The number of nitrogens with zero attached hydrogens (tertiary/aromatic N) is 3. The zero-order valence-electron chi connectivity index (χ0n) is 10.5. The van der Waals surface area contributed by atoms with Crippen molar-refractivity contribution in [3.63, 3.8) is 0 Å². The van der Waals surface area contributed by atoms with Crippen LogP contribution >= 0.6 is 11.8 Å². The van der Waals surface area contributed by atoms with E-state index in [2.05, 4.69) is 4.99 Å². The fraction of sp³-hybridized carbons (Fsp3) is 0.231. The Kier molecular flexibility index (Phi) is 3.27. The van der Waals surface area contributed by atoms with Crippen molar-refractivity contribution in [1.82, 2.24) is 4.90 Å². The molecule has 2 aliphatic rings. The quantitative estimate of drug-likeness (QED) is 0.475. The molecule has 1 saturated heterocycles. The first-order valence-corrected chi connectivity index (χ1v) is 7.13. The third kappa shape index (κ3) is 2.32. The van der Waals surface area contributed by atoms with Crippen LogP contribution in [0.1, 0.15) is 12.0 Å². The second kappa shape index (κ2) is 5.09. The van der Waals surface area contributed by atoms with Crippen molar-refractivity contribution in [3.05, 3.63) is 45.6 Å². The molecule has 6 nitrogen and oxygen atoms in total. The van der Waals surface area contributed by atoms with Crippen LogP contribution in [0.15, 0.2) is 35.0 Å². The summed E-state index contributed by atoms with van der Waals surface area (Å²) in [6, 6.07) is 6.17.